The largest absolute Gasteiger partial charge is 0.369 e. The van der Waals surface area contributed by atoms with Crippen molar-refractivity contribution >= 4 is 23.2 Å². The monoisotopic (exact) mass is 407 g/mol. The molecule has 2 aromatic carbocycles. The predicted molar refractivity (Wildman–Crippen MR) is 118 cm³/mol. The average Bonchev–Trinajstić information content (AvgIpc) is 2.78. The molecule has 2 heterocycles. The van der Waals surface area contributed by atoms with Crippen LogP contribution in [0.5, 0.6) is 0 Å². The molecule has 0 spiro atoms. The van der Waals surface area contributed by atoms with Crippen LogP contribution in [0.1, 0.15) is 18.4 Å². The molecule has 0 aromatic heterocycles. The highest BCUT2D eigenvalue weighted by molar-refractivity contribution is 6.30. The van der Waals surface area contributed by atoms with Crippen LogP contribution in [0.15, 0.2) is 54.6 Å². The Hall–Kier alpha value is -2.48. The summed E-state index contributed by atoms with van der Waals surface area (Å²) in [6.45, 7) is 5.57. The molecule has 2 fully saturated rings. The molecule has 1 atom stereocenters. The van der Waals surface area contributed by atoms with Gasteiger partial charge in [0, 0.05) is 67.5 Å². The first-order valence-corrected chi connectivity index (χ1v) is 10.7. The van der Waals surface area contributed by atoms with E-state index in [0.29, 0.717) is 6.04 Å². The molecule has 4 nitrogen and oxygen atoms in total. The van der Waals surface area contributed by atoms with Gasteiger partial charge in [-0.15, -0.1) is 0 Å². The normalized spacial score (nSPS) is 20.1. The van der Waals surface area contributed by atoms with Gasteiger partial charge in [0.1, 0.15) is 0 Å². The SMILES string of the molecule is O=C(C#Cc1ccccc1)N1CCC[C@@H](N2CCN(c3cccc(Cl)c3)CC2)C1. The number of carbonyl (C=O) groups excluding carboxylic acids is 1. The summed E-state index contributed by atoms with van der Waals surface area (Å²) in [4.78, 5) is 19.4. The molecule has 29 heavy (non-hydrogen) atoms. The van der Waals surface area contributed by atoms with Crippen LogP contribution in [0.3, 0.4) is 0 Å². The van der Waals surface area contributed by atoms with Gasteiger partial charge in [-0.1, -0.05) is 41.8 Å². The number of hydrogen-bond acceptors (Lipinski definition) is 3. The maximum Gasteiger partial charge on any atom is 0.298 e. The molecular formula is C24H26ClN3O. The molecule has 0 N–H and O–H groups in total. The summed E-state index contributed by atoms with van der Waals surface area (Å²) in [6.07, 6.45) is 2.19. The van der Waals surface area contributed by atoms with Crippen LogP contribution in [-0.2, 0) is 4.79 Å². The Kier molecular flexibility index (Phi) is 6.39. The molecule has 2 aliphatic rings. The zero-order valence-electron chi connectivity index (χ0n) is 16.6. The first-order chi connectivity index (χ1) is 14.2. The van der Waals surface area contributed by atoms with Gasteiger partial charge in [0.05, 0.1) is 0 Å². The first kappa shape index (κ1) is 19.8. The Morgan fingerprint density at radius 3 is 2.52 bits per heavy atom. The highest BCUT2D eigenvalue weighted by atomic mass is 35.5. The quantitative estimate of drug-likeness (QED) is 0.713. The highest BCUT2D eigenvalue weighted by Gasteiger charge is 2.29. The maximum absolute atomic E-state index is 12.6. The van der Waals surface area contributed by atoms with Gasteiger partial charge in [-0.05, 0) is 43.2 Å². The third kappa shape index (κ3) is 5.12. The van der Waals surface area contributed by atoms with E-state index in [1.54, 1.807) is 0 Å². The lowest BCUT2D eigenvalue weighted by atomic mass is 10.0. The van der Waals surface area contributed by atoms with Gasteiger partial charge in [0.15, 0.2) is 0 Å². The number of nitrogens with zero attached hydrogens (tertiary/aromatic N) is 3. The number of anilines is 1. The van der Waals surface area contributed by atoms with Crippen LogP contribution in [0.2, 0.25) is 5.02 Å². The molecular weight excluding hydrogens is 382 g/mol. The van der Waals surface area contributed by atoms with Crippen LogP contribution in [-0.4, -0.2) is 61.0 Å². The second-order valence-corrected chi connectivity index (χ2v) is 8.10. The van der Waals surface area contributed by atoms with Gasteiger partial charge in [0.25, 0.3) is 5.91 Å². The Balaban J connectivity index is 1.32. The lowest BCUT2D eigenvalue weighted by Crippen LogP contribution is -2.55. The van der Waals surface area contributed by atoms with Crippen LogP contribution in [0, 0.1) is 11.8 Å². The van der Waals surface area contributed by atoms with E-state index in [2.05, 4.69) is 27.7 Å². The number of amides is 1. The minimum absolute atomic E-state index is 0.0592. The lowest BCUT2D eigenvalue weighted by molar-refractivity contribution is -0.127. The minimum Gasteiger partial charge on any atom is -0.369 e. The van der Waals surface area contributed by atoms with E-state index in [-0.39, 0.29) is 5.91 Å². The third-order valence-corrected chi connectivity index (χ3v) is 6.01. The number of halogens is 1. The van der Waals surface area contributed by atoms with E-state index >= 15 is 0 Å². The van der Waals surface area contributed by atoms with Crippen molar-refractivity contribution in [3.8, 4) is 11.8 Å². The molecule has 150 valence electrons. The number of piperazine rings is 1. The molecule has 1 amide bonds. The minimum atomic E-state index is -0.0592. The van der Waals surface area contributed by atoms with Crippen LogP contribution < -0.4 is 4.90 Å². The van der Waals surface area contributed by atoms with E-state index in [1.807, 2.05) is 53.4 Å². The molecule has 0 bridgehead atoms. The summed E-state index contributed by atoms with van der Waals surface area (Å²) in [6, 6.07) is 18.2. The highest BCUT2D eigenvalue weighted by Crippen LogP contribution is 2.23. The van der Waals surface area contributed by atoms with E-state index in [1.165, 1.54) is 5.69 Å². The van der Waals surface area contributed by atoms with Gasteiger partial charge in [0.2, 0.25) is 0 Å². The molecule has 2 aromatic rings. The smallest absolute Gasteiger partial charge is 0.298 e. The average molecular weight is 408 g/mol. The number of carbonyl (C=O) groups is 1. The molecule has 4 rings (SSSR count). The summed E-state index contributed by atoms with van der Waals surface area (Å²) >= 11 is 6.14. The fraction of sp³-hybridized carbons (Fsp3) is 0.375. The molecule has 2 aliphatic heterocycles. The summed E-state index contributed by atoms with van der Waals surface area (Å²) < 4.78 is 0. The summed E-state index contributed by atoms with van der Waals surface area (Å²) in [5.74, 6) is 5.76. The maximum atomic E-state index is 12.6. The molecule has 0 saturated carbocycles. The topological polar surface area (TPSA) is 26.8 Å². The molecule has 0 radical (unpaired) electrons. The number of benzene rings is 2. The summed E-state index contributed by atoms with van der Waals surface area (Å²) in [5, 5.41) is 0.781. The first-order valence-electron chi connectivity index (χ1n) is 10.3. The Labute approximate surface area is 178 Å². The van der Waals surface area contributed by atoms with Crippen molar-refractivity contribution in [3.05, 3.63) is 65.2 Å². The Morgan fingerprint density at radius 1 is 0.966 bits per heavy atom. The zero-order chi connectivity index (χ0) is 20.1. The van der Waals surface area contributed by atoms with Crippen molar-refractivity contribution in [1.82, 2.24) is 9.80 Å². The zero-order valence-corrected chi connectivity index (χ0v) is 17.3. The fourth-order valence-electron chi connectivity index (χ4n) is 4.18. The molecule has 5 heteroatoms. The van der Waals surface area contributed by atoms with Gasteiger partial charge in [-0.2, -0.15) is 0 Å². The van der Waals surface area contributed by atoms with Gasteiger partial charge >= 0.3 is 0 Å². The van der Waals surface area contributed by atoms with Crippen molar-refractivity contribution < 1.29 is 4.79 Å². The van der Waals surface area contributed by atoms with E-state index < -0.39 is 0 Å². The van der Waals surface area contributed by atoms with Gasteiger partial charge < -0.3 is 9.80 Å². The van der Waals surface area contributed by atoms with Crippen molar-refractivity contribution in [3.63, 3.8) is 0 Å². The summed E-state index contributed by atoms with van der Waals surface area (Å²) in [5.41, 5.74) is 2.07. The number of likely N-dealkylation sites (tertiary alicyclic amines) is 1. The third-order valence-electron chi connectivity index (χ3n) is 5.78. The second kappa shape index (κ2) is 9.35. The van der Waals surface area contributed by atoms with Crippen LogP contribution in [0.4, 0.5) is 5.69 Å². The van der Waals surface area contributed by atoms with Gasteiger partial charge in [-0.25, -0.2) is 0 Å². The van der Waals surface area contributed by atoms with E-state index in [0.717, 1.165) is 62.7 Å². The Bertz CT molecular complexity index is 897. The number of piperidine rings is 1. The van der Waals surface area contributed by atoms with Gasteiger partial charge in [-0.3, -0.25) is 9.69 Å². The Morgan fingerprint density at radius 2 is 1.76 bits per heavy atom. The van der Waals surface area contributed by atoms with E-state index in [4.69, 9.17) is 11.6 Å². The lowest BCUT2D eigenvalue weighted by Gasteiger charge is -2.43. The van der Waals surface area contributed by atoms with Crippen molar-refractivity contribution in [2.24, 2.45) is 0 Å². The number of rotatable bonds is 2. The molecule has 0 unspecified atom stereocenters. The fourth-order valence-corrected chi connectivity index (χ4v) is 4.37. The van der Waals surface area contributed by atoms with E-state index in [9.17, 15) is 4.79 Å². The van der Waals surface area contributed by atoms with Crippen molar-refractivity contribution in [2.75, 3.05) is 44.2 Å². The van der Waals surface area contributed by atoms with Crippen LogP contribution >= 0.6 is 11.6 Å². The van der Waals surface area contributed by atoms with Crippen molar-refractivity contribution in [2.45, 2.75) is 18.9 Å². The second-order valence-electron chi connectivity index (χ2n) is 7.67. The molecule has 0 aliphatic carbocycles. The summed E-state index contributed by atoms with van der Waals surface area (Å²) in [7, 11) is 0. The standard InChI is InChI=1S/C24H26ClN3O/c25-21-8-4-9-22(18-21)26-14-16-27(17-15-26)23-10-5-13-28(19-23)24(29)12-11-20-6-2-1-3-7-20/h1-4,6-9,18,23H,5,10,13-17,19H2/t23-/m1/s1. The molecule has 2 saturated heterocycles. The predicted octanol–water partition coefficient (Wildman–Crippen LogP) is 3.50. The van der Waals surface area contributed by atoms with Crippen molar-refractivity contribution in [1.29, 1.82) is 0 Å². The number of hydrogen-bond donors (Lipinski definition) is 0. The van der Waals surface area contributed by atoms with Crippen LogP contribution in [0.25, 0.3) is 0 Å².